The van der Waals surface area contributed by atoms with E-state index in [9.17, 15) is 13.9 Å². The van der Waals surface area contributed by atoms with Crippen molar-refractivity contribution in [2.75, 3.05) is 17.3 Å². The average Bonchev–Trinajstić information content (AvgIpc) is 2.33. The molecule has 1 N–H and O–H groups in total. The number of thioether (sulfide) groups is 2. The number of halogens is 2. The molecule has 0 amide bonds. The van der Waals surface area contributed by atoms with Gasteiger partial charge >= 0.3 is 0 Å². The zero-order valence-corrected chi connectivity index (χ0v) is 10.2. The Balaban J connectivity index is 2.19. The molecule has 0 aliphatic carbocycles. The van der Waals surface area contributed by atoms with Crippen LogP contribution in [0.3, 0.4) is 0 Å². The minimum absolute atomic E-state index is 0.0463. The molecule has 1 aliphatic heterocycles. The van der Waals surface area contributed by atoms with E-state index in [-0.39, 0.29) is 10.8 Å². The van der Waals surface area contributed by atoms with Gasteiger partial charge in [-0.05, 0) is 6.07 Å². The number of hydrogen-bond donors (Lipinski definition) is 1. The maximum Gasteiger partial charge on any atom is 0.164 e. The summed E-state index contributed by atoms with van der Waals surface area (Å²) in [5, 5.41) is 9.96. The van der Waals surface area contributed by atoms with Gasteiger partial charge in [0, 0.05) is 28.1 Å². The van der Waals surface area contributed by atoms with Crippen LogP contribution >= 0.6 is 23.5 Å². The minimum atomic E-state index is -0.925. The van der Waals surface area contributed by atoms with Gasteiger partial charge in [-0.3, -0.25) is 0 Å². The number of benzene rings is 1. The summed E-state index contributed by atoms with van der Waals surface area (Å²) in [4.78, 5) is 0. The lowest BCUT2D eigenvalue weighted by Gasteiger charge is -2.26. The summed E-state index contributed by atoms with van der Waals surface area (Å²) in [6.07, 6.45) is -0.923. The Bertz CT molecular complexity index is 367. The van der Waals surface area contributed by atoms with E-state index in [1.807, 2.05) is 0 Å². The van der Waals surface area contributed by atoms with Crippen LogP contribution in [0.5, 0.6) is 0 Å². The van der Waals surface area contributed by atoms with Crippen LogP contribution in [0.15, 0.2) is 18.2 Å². The molecule has 0 saturated carbocycles. The topological polar surface area (TPSA) is 20.2 Å². The van der Waals surface area contributed by atoms with Gasteiger partial charge in [0.25, 0.3) is 0 Å². The molecule has 2 unspecified atom stereocenters. The summed E-state index contributed by atoms with van der Waals surface area (Å²) in [6.45, 7) is 0. The highest BCUT2D eigenvalue weighted by Gasteiger charge is 2.27. The van der Waals surface area contributed by atoms with E-state index in [1.54, 1.807) is 23.5 Å². The van der Waals surface area contributed by atoms with Gasteiger partial charge in [-0.2, -0.15) is 23.5 Å². The fourth-order valence-electron chi connectivity index (χ4n) is 1.64. The number of aliphatic hydroxyl groups excluding tert-OH is 1. The summed E-state index contributed by atoms with van der Waals surface area (Å²) in [7, 11) is 0. The molecule has 0 radical (unpaired) electrons. The van der Waals surface area contributed by atoms with Crippen LogP contribution in [0, 0.1) is 11.6 Å². The molecule has 1 saturated heterocycles. The van der Waals surface area contributed by atoms with Crippen molar-refractivity contribution in [3.63, 3.8) is 0 Å². The van der Waals surface area contributed by atoms with Crippen LogP contribution in [-0.2, 0) is 0 Å². The van der Waals surface area contributed by atoms with Crippen LogP contribution < -0.4 is 0 Å². The summed E-state index contributed by atoms with van der Waals surface area (Å²) in [5.41, 5.74) is 0.0694. The van der Waals surface area contributed by atoms with E-state index in [2.05, 4.69) is 0 Å². The first-order valence-electron chi connectivity index (χ1n) is 5.01. The standard InChI is InChI=1S/C11H12F2OS2/c12-8-3-1-2-7(10(8)13)11(14)9-6-15-4-5-16-9/h1-3,9,11,14H,4-6H2. The molecule has 0 spiro atoms. The lowest BCUT2D eigenvalue weighted by Crippen LogP contribution is -2.23. The van der Waals surface area contributed by atoms with Crippen molar-refractivity contribution < 1.29 is 13.9 Å². The third kappa shape index (κ3) is 2.52. The van der Waals surface area contributed by atoms with E-state index >= 15 is 0 Å². The Labute approximate surface area is 102 Å². The smallest absolute Gasteiger partial charge is 0.164 e. The Kier molecular flexibility index (Phi) is 4.10. The maximum absolute atomic E-state index is 13.5. The Morgan fingerprint density at radius 3 is 2.81 bits per heavy atom. The fraction of sp³-hybridized carbons (Fsp3) is 0.455. The maximum atomic E-state index is 13.5. The Hall–Kier alpha value is -0.260. The molecule has 1 nitrogen and oxygen atoms in total. The number of hydrogen-bond acceptors (Lipinski definition) is 3. The molecule has 1 aliphatic rings. The average molecular weight is 262 g/mol. The lowest BCUT2D eigenvalue weighted by molar-refractivity contribution is 0.174. The van der Waals surface area contributed by atoms with E-state index < -0.39 is 17.7 Å². The van der Waals surface area contributed by atoms with Crippen molar-refractivity contribution in [1.29, 1.82) is 0 Å². The van der Waals surface area contributed by atoms with Crippen LogP contribution in [-0.4, -0.2) is 27.6 Å². The predicted octanol–water partition coefficient (Wildman–Crippen LogP) is 2.85. The minimum Gasteiger partial charge on any atom is -0.387 e. The van der Waals surface area contributed by atoms with Gasteiger partial charge in [0.15, 0.2) is 11.6 Å². The zero-order chi connectivity index (χ0) is 11.5. The third-order valence-electron chi connectivity index (χ3n) is 2.49. The fourth-order valence-corrected chi connectivity index (χ4v) is 4.38. The number of rotatable bonds is 2. The summed E-state index contributed by atoms with van der Waals surface area (Å²) in [5.74, 6) is 0.959. The van der Waals surface area contributed by atoms with Crippen molar-refractivity contribution in [2.24, 2.45) is 0 Å². The molecule has 88 valence electrons. The van der Waals surface area contributed by atoms with Gasteiger partial charge in [0.1, 0.15) is 0 Å². The molecule has 0 aromatic heterocycles. The Morgan fingerprint density at radius 2 is 2.12 bits per heavy atom. The van der Waals surface area contributed by atoms with E-state index in [0.717, 1.165) is 23.3 Å². The summed E-state index contributed by atoms with van der Waals surface area (Å²) in [6, 6.07) is 3.94. The molecule has 16 heavy (non-hydrogen) atoms. The van der Waals surface area contributed by atoms with E-state index in [0.29, 0.717) is 0 Å². The molecule has 1 aromatic rings. The molecule has 1 heterocycles. The summed E-state index contributed by atoms with van der Waals surface area (Å²) >= 11 is 3.36. The first-order chi connectivity index (χ1) is 7.70. The van der Waals surface area contributed by atoms with Gasteiger partial charge in [0.05, 0.1) is 6.10 Å². The van der Waals surface area contributed by atoms with Crippen LogP contribution in [0.1, 0.15) is 11.7 Å². The predicted molar refractivity (Wildman–Crippen MR) is 64.9 cm³/mol. The molecule has 1 fully saturated rings. The highest BCUT2D eigenvalue weighted by molar-refractivity contribution is 8.06. The van der Waals surface area contributed by atoms with Crippen LogP contribution in [0.25, 0.3) is 0 Å². The second-order valence-electron chi connectivity index (χ2n) is 3.57. The molecular formula is C11H12F2OS2. The van der Waals surface area contributed by atoms with Crippen LogP contribution in [0.2, 0.25) is 0 Å². The summed E-state index contributed by atoms with van der Waals surface area (Å²) < 4.78 is 26.5. The van der Waals surface area contributed by atoms with Crippen LogP contribution in [0.4, 0.5) is 8.78 Å². The molecule has 5 heteroatoms. The van der Waals surface area contributed by atoms with E-state index in [1.165, 1.54) is 12.1 Å². The largest absolute Gasteiger partial charge is 0.387 e. The first-order valence-corrected chi connectivity index (χ1v) is 7.22. The zero-order valence-electron chi connectivity index (χ0n) is 8.53. The first kappa shape index (κ1) is 12.2. The Morgan fingerprint density at radius 1 is 1.31 bits per heavy atom. The van der Waals surface area contributed by atoms with Gasteiger partial charge in [-0.15, -0.1) is 0 Å². The van der Waals surface area contributed by atoms with Gasteiger partial charge in [-0.25, -0.2) is 8.78 Å². The van der Waals surface area contributed by atoms with E-state index in [4.69, 9.17) is 0 Å². The lowest BCUT2D eigenvalue weighted by atomic mass is 10.1. The molecule has 2 rings (SSSR count). The quantitative estimate of drug-likeness (QED) is 0.885. The number of aliphatic hydroxyl groups is 1. The van der Waals surface area contributed by atoms with Crippen molar-refractivity contribution in [2.45, 2.75) is 11.4 Å². The SMILES string of the molecule is OC(c1cccc(F)c1F)C1CSCCS1. The third-order valence-corrected chi connectivity index (χ3v) is 5.34. The second-order valence-corrected chi connectivity index (χ2v) is 6.07. The highest BCUT2D eigenvalue weighted by atomic mass is 32.2. The van der Waals surface area contributed by atoms with Crippen molar-refractivity contribution in [1.82, 2.24) is 0 Å². The molecule has 1 aromatic carbocycles. The molecule has 0 bridgehead atoms. The van der Waals surface area contributed by atoms with Crippen molar-refractivity contribution >= 4 is 23.5 Å². The molecular weight excluding hydrogens is 250 g/mol. The van der Waals surface area contributed by atoms with Crippen molar-refractivity contribution in [3.8, 4) is 0 Å². The second kappa shape index (κ2) is 5.38. The normalized spacial score (nSPS) is 23.1. The monoisotopic (exact) mass is 262 g/mol. The van der Waals surface area contributed by atoms with Crippen molar-refractivity contribution in [3.05, 3.63) is 35.4 Å². The van der Waals surface area contributed by atoms with Gasteiger partial charge < -0.3 is 5.11 Å². The highest BCUT2D eigenvalue weighted by Crippen LogP contribution is 2.34. The van der Waals surface area contributed by atoms with Gasteiger partial charge in [-0.1, -0.05) is 12.1 Å². The molecule has 2 atom stereocenters. The van der Waals surface area contributed by atoms with Gasteiger partial charge in [0.2, 0.25) is 0 Å².